The molecule has 0 saturated carbocycles. The Morgan fingerprint density at radius 2 is 0.842 bits per heavy atom. The molecule has 4 heteroatoms. The third-order valence-electron chi connectivity index (χ3n) is 7.86. The first kappa shape index (κ1) is 36.7. The molecule has 224 valence electrons. The molecule has 0 aromatic rings. The fourth-order valence-corrected chi connectivity index (χ4v) is 5.29. The molecule has 0 aliphatic heterocycles. The highest BCUT2D eigenvalue weighted by molar-refractivity contribution is 5.69. The molecule has 1 unspecified atom stereocenters. The maximum atomic E-state index is 11.6. The number of unbranched alkanes of at least 4 members (excludes halogenated alkanes) is 22. The molecule has 0 aliphatic rings. The number of carbonyl (C=O) groups is 2. The van der Waals surface area contributed by atoms with E-state index in [0.717, 1.165) is 38.5 Å². The lowest BCUT2D eigenvalue weighted by atomic mass is 9.94. The van der Waals surface area contributed by atoms with Crippen LogP contribution in [0.15, 0.2) is 12.2 Å². The lowest BCUT2D eigenvalue weighted by Gasteiger charge is -2.12. The van der Waals surface area contributed by atoms with Gasteiger partial charge in [-0.25, -0.2) is 0 Å². The summed E-state index contributed by atoms with van der Waals surface area (Å²) < 4.78 is 0. The second-order valence-corrected chi connectivity index (χ2v) is 11.6. The first-order chi connectivity index (χ1) is 18.6. The van der Waals surface area contributed by atoms with Crippen molar-refractivity contribution in [3.05, 3.63) is 12.2 Å². The average molecular weight is 537 g/mol. The first-order valence-corrected chi connectivity index (χ1v) is 16.7. The van der Waals surface area contributed by atoms with Gasteiger partial charge in [-0.3, -0.25) is 9.59 Å². The lowest BCUT2D eigenvalue weighted by Crippen LogP contribution is -2.13. The highest BCUT2D eigenvalue weighted by Crippen LogP contribution is 2.20. The van der Waals surface area contributed by atoms with E-state index in [4.69, 9.17) is 5.11 Å². The van der Waals surface area contributed by atoms with E-state index in [1.165, 1.54) is 135 Å². The molecule has 4 nitrogen and oxygen atoms in total. The van der Waals surface area contributed by atoms with E-state index in [0.29, 0.717) is 6.42 Å². The third kappa shape index (κ3) is 29.2. The SMILES string of the molecule is CCCCCCCC/C=C/CCCCCCC(CCCCCCCCCCCCCCCC(=O)O)C(=O)O. The molecule has 0 aromatic heterocycles. The van der Waals surface area contributed by atoms with Gasteiger partial charge in [-0.1, -0.05) is 147 Å². The Hall–Kier alpha value is -1.32. The van der Waals surface area contributed by atoms with Crippen molar-refractivity contribution in [3.8, 4) is 0 Å². The van der Waals surface area contributed by atoms with Crippen LogP contribution in [0.1, 0.15) is 187 Å². The maximum Gasteiger partial charge on any atom is 0.306 e. The largest absolute Gasteiger partial charge is 0.481 e. The van der Waals surface area contributed by atoms with Crippen molar-refractivity contribution >= 4 is 11.9 Å². The molecular weight excluding hydrogens is 472 g/mol. The van der Waals surface area contributed by atoms with E-state index in [-0.39, 0.29) is 5.92 Å². The van der Waals surface area contributed by atoms with E-state index in [2.05, 4.69) is 19.1 Å². The van der Waals surface area contributed by atoms with E-state index in [1.807, 2.05) is 0 Å². The summed E-state index contributed by atoms with van der Waals surface area (Å²) in [6.07, 6.45) is 37.5. The Kier molecular flexibility index (Phi) is 29.2. The molecule has 0 radical (unpaired) electrons. The molecule has 0 rings (SSSR count). The minimum atomic E-state index is -0.676. The van der Waals surface area contributed by atoms with Crippen molar-refractivity contribution in [3.63, 3.8) is 0 Å². The zero-order valence-corrected chi connectivity index (χ0v) is 25.2. The van der Waals surface area contributed by atoms with Crippen LogP contribution in [0.25, 0.3) is 0 Å². The van der Waals surface area contributed by atoms with Gasteiger partial charge < -0.3 is 10.2 Å². The standard InChI is InChI=1S/C34H64O4/c1-2-3-4-5-6-7-8-9-11-14-17-20-23-26-29-32(34(37)38)30-27-24-21-18-15-12-10-13-16-19-22-25-28-31-33(35)36/h9,11,32H,2-8,10,12-31H2,1H3,(H,35,36)(H,37,38)/b11-9+. The molecule has 0 bridgehead atoms. The number of allylic oxidation sites excluding steroid dienone is 2. The highest BCUT2D eigenvalue weighted by Gasteiger charge is 2.16. The summed E-state index contributed by atoms with van der Waals surface area (Å²) in [5.74, 6) is -1.41. The Morgan fingerprint density at radius 1 is 0.500 bits per heavy atom. The molecule has 38 heavy (non-hydrogen) atoms. The fraction of sp³-hybridized carbons (Fsp3) is 0.882. The molecule has 1 atom stereocenters. The number of carboxylic acids is 2. The van der Waals surface area contributed by atoms with Gasteiger partial charge in [0.15, 0.2) is 0 Å². The zero-order chi connectivity index (χ0) is 27.9. The number of hydrogen-bond donors (Lipinski definition) is 2. The van der Waals surface area contributed by atoms with Gasteiger partial charge >= 0.3 is 11.9 Å². The van der Waals surface area contributed by atoms with Crippen LogP contribution in [0.2, 0.25) is 0 Å². The van der Waals surface area contributed by atoms with Crippen molar-refractivity contribution in [2.75, 3.05) is 0 Å². The summed E-state index contributed by atoms with van der Waals surface area (Å²) in [6, 6.07) is 0. The predicted molar refractivity (Wildman–Crippen MR) is 163 cm³/mol. The molecule has 0 saturated heterocycles. The van der Waals surface area contributed by atoms with Crippen LogP contribution in [0.5, 0.6) is 0 Å². The topological polar surface area (TPSA) is 74.6 Å². The smallest absolute Gasteiger partial charge is 0.306 e. The summed E-state index contributed by atoms with van der Waals surface area (Å²) >= 11 is 0. The van der Waals surface area contributed by atoms with Gasteiger partial charge in [0.1, 0.15) is 0 Å². The third-order valence-corrected chi connectivity index (χ3v) is 7.86. The van der Waals surface area contributed by atoms with Crippen LogP contribution in [0, 0.1) is 5.92 Å². The van der Waals surface area contributed by atoms with Crippen molar-refractivity contribution in [1.82, 2.24) is 0 Å². The van der Waals surface area contributed by atoms with Crippen LogP contribution in [-0.2, 0) is 9.59 Å². The summed E-state index contributed by atoms with van der Waals surface area (Å²) in [6.45, 7) is 2.27. The van der Waals surface area contributed by atoms with Gasteiger partial charge in [-0.15, -0.1) is 0 Å². The number of hydrogen-bond acceptors (Lipinski definition) is 2. The van der Waals surface area contributed by atoms with Gasteiger partial charge in [0.05, 0.1) is 5.92 Å². The van der Waals surface area contributed by atoms with Crippen LogP contribution in [0.4, 0.5) is 0 Å². The minimum Gasteiger partial charge on any atom is -0.481 e. The second kappa shape index (κ2) is 30.2. The summed E-state index contributed by atoms with van der Waals surface area (Å²) in [5, 5.41) is 18.2. The van der Waals surface area contributed by atoms with Crippen LogP contribution in [0.3, 0.4) is 0 Å². The maximum absolute atomic E-state index is 11.6. The Morgan fingerprint density at radius 3 is 1.21 bits per heavy atom. The molecule has 0 aromatic carbocycles. The first-order valence-electron chi connectivity index (χ1n) is 16.7. The van der Waals surface area contributed by atoms with E-state index >= 15 is 0 Å². The van der Waals surface area contributed by atoms with Crippen molar-refractivity contribution in [2.24, 2.45) is 5.92 Å². The van der Waals surface area contributed by atoms with Gasteiger partial charge in [-0.05, 0) is 44.9 Å². The highest BCUT2D eigenvalue weighted by atomic mass is 16.4. The minimum absolute atomic E-state index is 0.142. The van der Waals surface area contributed by atoms with Gasteiger partial charge in [0.25, 0.3) is 0 Å². The average Bonchev–Trinajstić information content (AvgIpc) is 2.89. The predicted octanol–water partition coefficient (Wildman–Crippen LogP) is 11.3. The van der Waals surface area contributed by atoms with E-state index < -0.39 is 11.9 Å². The van der Waals surface area contributed by atoms with Gasteiger partial charge in [-0.2, -0.15) is 0 Å². The van der Waals surface area contributed by atoms with Gasteiger partial charge in [0.2, 0.25) is 0 Å². The van der Waals surface area contributed by atoms with Gasteiger partial charge in [0, 0.05) is 6.42 Å². The monoisotopic (exact) mass is 536 g/mol. The van der Waals surface area contributed by atoms with Crippen LogP contribution >= 0.6 is 0 Å². The normalized spacial score (nSPS) is 12.3. The molecular formula is C34H64O4. The quantitative estimate of drug-likeness (QED) is 0.0682. The van der Waals surface area contributed by atoms with Crippen molar-refractivity contribution in [2.45, 2.75) is 187 Å². The molecule has 0 aliphatic carbocycles. The summed E-state index contributed by atoms with van der Waals surface area (Å²) in [4.78, 5) is 22.1. The Labute approximate surface area is 236 Å². The Balaban J connectivity index is 3.45. The van der Waals surface area contributed by atoms with Crippen molar-refractivity contribution in [1.29, 1.82) is 0 Å². The summed E-state index contributed by atoms with van der Waals surface area (Å²) in [5.41, 5.74) is 0. The van der Waals surface area contributed by atoms with Crippen LogP contribution in [-0.4, -0.2) is 22.2 Å². The number of rotatable bonds is 31. The molecule has 0 heterocycles. The second-order valence-electron chi connectivity index (χ2n) is 11.6. The fourth-order valence-electron chi connectivity index (χ4n) is 5.29. The van der Waals surface area contributed by atoms with Crippen LogP contribution < -0.4 is 0 Å². The molecule has 0 amide bonds. The zero-order valence-electron chi connectivity index (χ0n) is 25.2. The molecule has 2 N–H and O–H groups in total. The number of aliphatic carboxylic acids is 2. The lowest BCUT2D eigenvalue weighted by molar-refractivity contribution is -0.142. The molecule has 0 spiro atoms. The van der Waals surface area contributed by atoms with E-state index in [1.54, 1.807) is 0 Å². The van der Waals surface area contributed by atoms with Crippen molar-refractivity contribution < 1.29 is 19.8 Å². The Bertz CT molecular complexity index is 543. The summed E-state index contributed by atoms with van der Waals surface area (Å²) in [7, 11) is 0. The van der Waals surface area contributed by atoms with E-state index in [9.17, 15) is 14.7 Å². The number of carboxylic acid groups (broad SMARTS) is 2. The molecule has 0 fully saturated rings.